The fourth-order valence-electron chi connectivity index (χ4n) is 1.45. The number of aliphatic hydroxyl groups is 2. The zero-order chi connectivity index (χ0) is 20.4. The van der Waals surface area contributed by atoms with Gasteiger partial charge in [0.1, 0.15) is 11.3 Å². The van der Waals surface area contributed by atoms with Gasteiger partial charge in [0.2, 0.25) is 5.71 Å². The van der Waals surface area contributed by atoms with Crippen molar-refractivity contribution in [3.63, 3.8) is 0 Å². The fourth-order valence-corrected chi connectivity index (χ4v) is 1.45. The van der Waals surface area contributed by atoms with E-state index in [1.807, 2.05) is 62.2 Å². The van der Waals surface area contributed by atoms with Crippen molar-refractivity contribution in [3.05, 3.63) is 55.0 Å². The number of hydrogen-bond donors (Lipinski definition) is 2. The summed E-state index contributed by atoms with van der Waals surface area (Å²) >= 11 is 0. The van der Waals surface area contributed by atoms with Gasteiger partial charge in [-0.2, -0.15) is 4.98 Å². The van der Waals surface area contributed by atoms with Gasteiger partial charge in [-0.3, -0.25) is 0 Å². The second-order valence-corrected chi connectivity index (χ2v) is 4.91. The Bertz CT molecular complexity index is 649. The highest BCUT2D eigenvalue weighted by molar-refractivity contribution is 5.70. The molecule has 0 amide bonds. The molecule has 0 saturated heterocycles. The summed E-state index contributed by atoms with van der Waals surface area (Å²) in [6.45, 7) is 12.6. The standard InChI is InChI=1S/C9H11N3O.C8H12.C2H6O.CH4O/c1-3-12(2)8-5-4-7-9(11-8)13-6-10-7;1-4-5-6-7-8(2)3;1-2-3;1-2/h4-6H,3H2,1-2H3;4-7H,2H2,1,3H3;3H,2H2,1H3;2H,1H3/b;5-4-,7-6-;;. The minimum absolute atomic E-state index is 0.250. The number of aliphatic hydroxyl groups excluding tert-OH is 2. The Kier molecular flexibility index (Phi) is 17.2. The van der Waals surface area contributed by atoms with E-state index in [1.165, 1.54) is 6.39 Å². The average molecular weight is 364 g/mol. The van der Waals surface area contributed by atoms with Crippen LogP contribution in [0, 0.1) is 0 Å². The van der Waals surface area contributed by atoms with Crippen LogP contribution in [0.25, 0.3) is 11.2 Å². The van der Waals surface area contributed by atoms with Crippen molar-refractivity contribution in [2.75, 3.05) is 32.2 Å². The lowest BCUT2D eigenvalue weighted by Crippen LogP contribution is -2.16. The quantitative estimate of drug-likeness (QED) is 0.800. The summed E-state index contributed by atoms with van der Waals surface area (Å²) in [6, 6.07) is 3.85. The highest BCUT2D eigenvalue weighted by Gasteiger charge is 2.03. The Morgan fingerprint density at radius 2 is 1.88 bits per heavy atom. The van der Waals surface area contributed by atoms with Gasteiger partial charge in [-0.05, 0) is 39.8 Å². The molecule has 26 heavy (non-hydrogen) atoms. The van der Waals surface area contributed by atoms with Crippen LogP contribution in [-0.2, 0) is 0 Å². The molecule has 0 unspecified atom stereocenters. The van der Waals surface area contributed by atoms with Crippen molar-refractivity contribution < 1.29 is 14.6 Å². The average Bonchev–Trinajstić information content (AvgIpc) is 3.11. The van der Waals surface area contributed by atoms with E-state index in [1.54, 1.807) is 6.92 Å². The molecule has 0 radical (unpaired) electrons. The molecule has 0 spiro atoms. The number of nitrogens with zero attached hydrogens (tertiary/aromatic N) is 3. The minimum Gasteiger partial charge on any atom is -0.425 e. The SMILES string of the molecule is C=C(C)/C=C\C=C/C.CCN(C)c1ccc2ncoc2n1.CCO.CO. The van der Waals surface area contributed by atoms with Gasteiger partial charge in [-0.1, -0.05) is 36.5 Å². The van der Waals surface area contributed by atoms with Crippen molar-refractivity contribution in [2.45, 2.75) is 27.7 Å². The number of allylic oxidation sites excluding steroid dienone is 5. The smallest absolute Gasteiger partial charge is 0.248 e. The third-order valence-corrected chi connectivity index (χ3v) is 2.73. The van der Waals surface area contributed by atoms with Crippen LogP contribution in [0.4, 0.5) is 5.82 Å². The second-order valence-electron chi connectivity index (χ2n) is 4.91. The number of rotatable bonds is 4. The Morgan fingerprint density at radius 1 is 1.27 bits per heavy atom. The zero-order valence-corrected chi connectivity index (χ0v) is 16.8. The fraction of sp³-hybridized carbons (Fsp3) is 0.400. The van der Waals surface area contributed by atoms with E-state index in [0.717, 1.165) is 30.6 Å². The molecule has 0 aromatic carbocycles. The summed E-state index contributed by atoms with van der Waals surface area (Å²) < 4.78 is 5.10. The number of aromatic nitrogens is 2. The lowest BCUT2D eigenvalue weighted by molar-refractivity contribution is 0.318. The van der Waals surface area contributed by atoms with Crippen LogP contribution in [-0.4, -0.2) is 47.5 Å². The molecule has 2 aromatic rings. The maximum absolute atomic E-state index is 7.57. The monoisotopic (exact) mass is 363 g/mol. The molecule has 146 valence electrons. The number of pyridine rings is 1. The first kappa shape index (κ1) is 25.8. The van der Waals surface area contributed by atoms with E-state index >= 15 is 0 Å². The third kappa shape index (κ3) is 12.0. The predicted molar refractivity (Wildman–Crippen MR) is 110 cm³/mol. The molecular formula is C20H33N3O3. The van der Waals surface area contributed by atoms with Gasteiger partial charge < -0.3 is 19.5 Å². The molecule has 0 aliphatic rings. The van der Waals surface area contributed by atoms with Crippen LogP contribution in [0.15, 0.2) is 59.4 Å². The summed E-state index contributed by atoms with van der Waals surface area (Å²) in [5.74, 6) is 0.909. The van der Waals surface area contributed by atoms with Gasteiger partial charge in [0, 0.05) is 27.3 Å². The maximum Gasteiger partial charge on any atom is 0.248 e. The summed E-state index contributed by atoms with van der Waals surface area (Å²) in [5.41, 5.74) is 2.48. The van der Waals surface area contributed by atoms with Crippen molar-refractivity contribution in [2.24, 2.45) is 0 Å². The molecule has 2 heterocycles. The lowest BCUT2D eigenvalue weighted by atomic mass is 10.3. The van der Waals surface area contributed by atoms with Gasteiger partial charge in [-0.25, -0.2) is 4.98 Å². The molecule has 0 aliphatic heterocycles. The Morgan fingerprint density at radius 3 is 2.38 bits per heavy atom. The highest BCUT2D eigenvalue weighted by atomic mass is 16.3. The van der Waals surface area contributed by atoms with E-state index in [4.69, 9.17) is 14.6 Å². The van der Waals surface area contributed by atoms with Crippen molar-refractivity contribution in [3.8, 4) is 0 Å². The summed E-state index contributed by atoms with van der Waals surface area (Å²) in [5, 5.41) is 14.6. The van der Waals surface area contributed by atoms with Crippen LogP contribution in [0.2, 0.25) is 0 Å². The number of oxazole rings is 1. The van der Waals surface area contributed by atoms with E-state index in [0.29, 0.717) is 5.71 Å². The van der Waals surface area contributed by atoms with Gasteiger partial charge in [0.15, 0.2) is 6.39 Å². The first-order chi connectivity index (χ1) is 12.5. The van der Waals surface area contributed by atoms with E-state index in [9.17, 15) is 0 Å². The molecule has 0 atom stereocenters. The molecule has 0 bridgehead atoms. The van der Waals surface area contributed by atoms with Crippen LogP contribution >= 0.6 is 0 Å². The first-order valence-electron chi connectivity index (χ1n) is 8.41. The van der Waals surface area contributed by atoms with Crippen molar-refractivity contribution in [1.29, 1.82) is 0 Å². The van der Waals surface area contributed by atoms with E-state index in [2.05, 4.69) is 23.5 Å². The van der Waals surface area contributed by atoms with Crippen molar-refractivity contribution >= 4 is 17.0 Å². The maximum atomic E-state index is 7.57. The molecule has 2 N–H and O–H groups in total. The molecule has 0 fully saturated rings. The number of anilines is 1. The predicted octanol–water partition coefficient (Wildman–Crippen LogP) is 3.98. The molecular weight excluding hydrogens is 330 g/mol. The summed E-state index contributed by atoms with van der Waals surface area (Å²) in [4.78, 5) is 10.3. The Hall–Kier alpha value is -2.44. The van der Waals surface area contributed by atoms with Crippen LogP contribution < -0.4 is 4.90 Å². The van der Waals surface area contributed by atoms with Gasteiger partial charge in [0.05, 0.1) is 0 Å². The summed E-state index contributed by atoms with van der Waals surface area (Å²) in [6.07, 6.45) is 9.32. The molecule has 2 rings (SSSR count). The van der Waals surface area contributed by atoms with Crippen LogP contribution in [0.1, 0.15) is 27.7 Å². The molecule has 0 saturated carbocycles. The van der Waals surface area contributed by atoms with E-state index < -0.39 is 0 Å². The van der Waals surface area contributed by atoms with Gasteiger partial charge in [-0.15, -0.1) is 0 Å². The molecule has 6 nitrogen and oxygen atoms in total. The zero-order valence-electron chi connectivity index (χ0n) is 16.8. The Balaban J connectivity index is 0. The molecule has 0 aliphatic carbocycles. The second kappa shape index (κ2) is 17.4. The normalized spacial score (nSPS) is 9.69. The van der Waals surface area contributed by atoms with Crippen LogP contribution in [0.5, 0.6) is 0 Å². The Labute approximate surface area is 157 Å². The largest absolute Gasteiger partial charge is 0.425 e. The van der Waals surface area contributed by atoms with E-state index in [-0.39, 0.29) is 6.61 Å². The topological polar surface area (TPSA) is 82.6 Å². The first-order valence-corrected chi connectivity index (χ1v) is 8.41. The summed E-state index contributed by atoms with van der Waals surface area (Å²) in [7, 11) is 2.99. The minimum atomic E-state index is 0.250. The third-order valence-electron chi connectivity index (χ3n) is 2.73. The van der Waals surface area contributed by atoms with Crippen LogP contribution in [0.3, 0.4) is 0 Å². The number of hydrogen-bond acceptors (Lipinski definition) is 6. The number of fused-ring (bicyclic) bond motifs is 1. The molecule has 6 heteroatoms. The van der Waals surface area contributed by atoms with Gasteiger partial charge in [0.25, 0.3) is 0 Å². The highest BCUT2D eigenvalue weighted by Crippen LogP contribution is 2.15. The molecule has 2 aromatic heterocycles. The van der Waals surface area contributed by atoms with Crippen molar-refractivity contribution in [1.82, 2.24) is 9.97 Å². The van der Waals surface area contributed by atoms with Gasteiger partial charge >= 0.3 is 0 Å². The lowest BCUT2D eigenvalue weighted by Gasteiger charge is -2.14.